The maximum absolute atomic E-state index is 10.7. The Bertz CT molecular complexity index is 424. The molecular weight excluding hydrogens is 242 g/mol. The number of nitrogens with zero attached hydrogens (tertiary/aromatic N) is 1. The molecule has 0 aliphatic heterocycles. The van der Waals surface area contributed by atoms with Gasteiger partial charge < -0.3 is 4.74 Å². The number of rotatable bonds is 8. The normalized spacial score (nSPS) is 11.4. The van der Waals surface area contributed by atoms with Crippen molar-refractivity contribution in [3.05, 3.63) is 45.6 Å². The van der Waals surface area contributed by atoms with Gasteiger partial charge in [0.25, 0.3) is 0 Å². The van der Waals surface area contributed by atoms with Crippen LogP contribution in [0.1, 0.15) is 45.1 Å². The molecule has 0 aliphatic carbocycles. The second kappa shape index (κ2) is 8.29. The Morgan fingerprint density at radius 3 is 2.47 bits per heavy atom. The van der Waals surface area contributed by atoms with Gasteiger partial charge in [0.15, 0.2) is 0 Å². The molecule has 0 saturated carbocycles. The minimum atomic E-state index is -0.338. The maximum Gasteiger partial charge on any atom is 0.246 e. The monoisotopic (exact) mass is 263 g/mol. The molecule has 0 heterocycles. The van der Waals surface area contributed by atoms with E-state index in [1.165, 1.54) is 12.8 Å². The lowest BCUT2D eigenvalue weighted by Crippen LogP contribution is -1.97. The molecule has 104 valence electrons. The van der Waals surface area contributed by atoms with Gasteiger partial charge in [-0.1, -0.05) is 38.8 Å². The summed E-state index contributed by atoms with van der Waals surface area (Å²) >= 11 is 0. The van der Waals surface area contributed by atoms with Crippen LogP contribution in [0.2, 0.25) is 0 Å². The van der Waals surface area contributed by atoms with Crippen LogP contribution < -0.4 is 4.74 Å². The van der Waals surface area contributed by atoms with Crippen LogP contribution in [0, 0.1) is 10.1 Å². The van der Waals surface area contributed by atoms with Crippen molar-refractivity contribution in [1.29, 1.82) is 0 Å². The summed E-state index contributed by atoms with van der Waals surface area (Å²) in [5.41, 5.74) is 1.05. The topological polar surface area (TPSA) is 52.4 Å². The van der Waals surface area contributed by atoms with Gasteiger partial charge in [0.2, 0.25) is 5.70 Å². The second-order valence-electron chi connectivity index (χ2n) is 4.37. The molecule has 0 unspecified atom stereocenters. The molecule has 0 N–H and O–H groups in total. The van der Waals surface area contributed by atoms with Crippen LogP contribution in [0.4, 0.5) is 0 Å². The van der Waals surface area contributed by atoms with E-state index in [1.807, 2.05) is 24.3 Å². The molecule has 1 aromatic rings. The van der Waals surface area contributed by atoms with Gasteiger partial charge in [-0.25, -0.2) is 0 Å². The van der Waals surface area contributed by atoms with Crippen molar-refractivity contribution >= 4 is 6.08 Å². The Morgan fingerprint density at radius 2 is 1.95 bits per heavy atom. The number of hydrogen-bond acceptors (Lipinski definition) is 3. The molecule has 19 heavy (non-hydrogen) atoms. The van der Waals surface area contributed by atoms with E-state index in [2.05, 4.69) is 6.92 Å². The SMILES string of the molecule is CCCCCOc1ccc(/C=C(/CC)[N+](=O)[O-])cc1. The van der Waals surface area contributed by atoms with Crippen LogP contribution in [-0.2, 0) is 0 Å². The van der Waals surface area contributed by atoms with Gasteiger partial charge in [0, 0.05) is 12.5 Å². The van der Waals surface area contributed by atoms with E-state index < -0.39 is 0 Å². The summed E-state index contributed by atoms with van der Waals surface area (Å²) in [4.78, 5) is 10.4. The van der Waals surface area contributed by atoms with Gasteiger partial charge in [-0.2, -0.15) is 0 Å². The predicted molar refractivity (Wildman–Crippen MR) is 76.7 cm³/mol. The average Bonchev–Trinajstić information content (AvgIpc) is 2.42. The summed E-state index contributed by atoms with van der Waals surface area (Å²) < 4.78 is 5.59. The zero-order valence-corrected chi connectivity index (χ0v) is 11.6. The molecule has 4 heteroatoms. The minimum absolute atomic E-state index is 0.219. The van der Waals surface area contributed by atoms with Crippen LogP contribution in [0.3, 0.4) is 0 Å². The molecule has 0 amide bonds. The van der Waals surface area contributed by atoms with Gasteiger partial charge in [0.1, 0.15) is 5.75 Å². The number of benzene rings is 1. The minimum Gasteiger partial charge on any atom is -0.494 e. The highest BCUT2D eigenvalue weighted by atomic mass is 16.6. The molecule has 0 spiro atoms. The molecule has 0 fully saturated rings. The van der Waals surface area contributed by atoms with Gasteiger partial charge in [0.05, 0.1) is 11.5 Å². The molecular formula is C15H21NO3. The van der Waals surface area contributed by atoms with Crippen LogP contribution in [0.15, 0.2) is 30.0 Å². The molecule has 0 atom stereocenters. The quantitative estimate of drug-likeness (QED) is 0.399. The van der Waals surface area contributed by atoms with Crippen molar-refractivity contribution in [3.8, 4) is 5.75 Å². The Balaban J connectivity index is 2.58. The Hall–Kier alpha value is -1.84. The van der Waals surface area contributed by atoms with Gasteiger partial charge in [-0.15, -0.1) is 0 Å². The van der Waals surface area contributed by atoms with Gasteiger partial charge >= 0.3 is 0 Å². The van der Waals surface area contributed by atoms with Gasteiger partial charge in [-0.3, -0.25) is 10.1 Å². The molecule has 0 radical (unpaired) electrons. The van der Waals surface area contributed by atoms with Crippen molar-refractivity contribution in [1.82, 2.24) is 0 Å². The van der Waals surface area contributed by atoms with Crippen LogP contribution in [-0.4, -0.2) is 11.5 Å². The van der Waals surface area contributed by atoms with Crippen molar-refractivity contribution in [2.75, 3.05) is 6.61 Å². The maximum atomic E-state index is 10.7. The number of unbranched alkanes of at least 4 members (excludes halogenated alkanes) is 2. The Kier molecular flexibility index (Phi) is 6.64. The van der Waals surface area contributed by atoms with Crippen molar-refractivity contribution in [2.24, 2.45) is 0 Å². The molecule has 1 aromatic carbocycles. The zero-order chi connectivity index (χ0) is 14.1. The number of nitro groups is 1. The lowest BCUT2D eigenvalue weighted by atomic mass is 10.1. The molecule has 0 bridgehead atoms. The molecule has 0 aromatic heterocycles. The summed E-state index contributed by atoms with van der Waals surface area (Å²) in [7, 11) is 0. The van der Waals surface area contributed by atoms with Crippen molar-refractivity contribution < 1.29 is 9.66 Å². The number of ether oxygens (including phenoxy) is 1. The molecule has 0 aliphatic rings. The first kappa shape index (κ1) is 15.2. The summed E-state index contributed by atoms with van der Waals surface area (Å²) in [5.74, 6) is 0.812. The highest BCUT2D eigenvalue weighted by Crippen LogP contribution is 2.16. The Morgan fingerprint density at radius 1 is 1.26 bits per heavy atom. The summed E-state index contributed by atoms with van der Waals surface area (Å²) in [6, 6.07) is 7.39. The standard InChI is InChI=1S/C15H21NO3/c1-3-5-6-11-19-15-9-7-13(8-10-15)12-14(4-2)16(17)18/h7-10,12H,3-6,11H2,1-2H3/b14-12-. The molecule has 4 nitrogen and oxygen atoms in total. The number of hydrogen-bond donors (Lipinski definition) is 0. The predicted octanol–water partition coefficient (Wildman–Crippen LogP) is 4.28. The van der Waals surface area contributed by atoms with E-state index in [0.29, 0.717) is 6.42 Å². The fraction of sp³-hybridized carbons (Fsp3) is 0.467. The number of allylic oxidation sites excluding steroid dienone is 1. The van der Waals surface area contributed by atoms with Crippen molar-refractivity contribution in [2.45, 2.75) is 39.5 Å². The fourth-order valence-corrected chi connectivity index (χ4v) is 1.68. The van der Waals surface area contributed by atoms with E-state index in [4.69, 9.17) is 4.74 Å². The van der Waals surface area contributed by atoms with Crippen LogP contribution in [0.5, 0.6) is 5.75 Å². The van der Waals surface area contributed by atoms with Crippen LogP contribution in [0.25, 0.3) is 6.08 Å². The van der Waals surface area contributed by atoms with E-state index in [9.17, 15) is 10.1 Å². The van der Waals surface area contributed by atoms with Crippen LogP contribution >= 0.6 is 0 Å². The van der Waals surface area contributed by atoms with Crippen molar-refractivity contribution in [3.63, 3.8) is 0 Å². The third-order valence-corrected chi connectivity index (χ3v) is 2.83. The largest absolute Gasteiger partial charge is 0.494 e. The first-order valence-corrected chi connectivity index (χ1v) is 6.75. The van der Waals surface area contributed by atoms with E-state index in [1.54, 1.807) is 13.0 Å². The van der Waals surface area contributed by atoms with E-state index >= 15 is 0 Å². The smallest absolute Gasteiger partial charge is 0.246 e. The lowest BCUT2D eigenvalue weighted by Gasteiger charge is -2.05. The van der Waals surface area contributed by atoms with E-state index in [0.717, 1.165) is 24.3 Å². The second-order valence-corrected chi connectivity index (χ2v) is 4.37. The summed E-state index contributed by atoms with van der Waals surface area (Å²) in [6.45, 7) is 4.65. The first-order chi connectivity index (χ1) is 9.17. The van der Waals surface area contributed by atoms with E-state index in [-0.39, 0.29) is 10.6 Å². The first-order valence-electron chi connectivity index (χ1n) is 6.75. The fourth-order valence-electron chi connectivity index (χ4n) is 1.68. The highest BCUT2D eigenvalue weighted by molar-refractivity contribution is 5.52. The lowest BCUT2D eigenvalue weighted by molar-refractivity contribution is -0.425. The Labute approximate surface area is 114 Å². The summed E-state index contributed by atoms with van der Waals surface area (Å²) in [6.07, 6.45) is 5.42. The molecule has 0 saturated heterocycles. The zero-order valence-electron chi connectivity index (χ0n) is 11.6. The molecule has 1 rings (SSSR count). The van der Waals surface area contributed by atoms with Gasteiger partial charge in [-0.05, 0) is 24.1 Å². The average molecular weight is 263 g/mol. The summed E-state index contributed by atoms with van der Waals surface area (Å²) in [5, 5.41) is 10.7. The third kappa shape index (κ3) is 5.55. The highest BCUT2D eigenvalue weighted by Gasteiger charge is 2.06. The third-order valence-electron chi connectivity index (χ3n) is 2.83.